The summed E-state index contributed by atoms with van der Waals surface area (Å²) in [5.74, 6) is -0.406. The van der Waals surface area contributed by atoms with Crippen LogP contribution < -0.4 is 5.32 Å². The molecule has 2 aromatic carbocycles. The van der Waals surface area contributed by atoms with Gasteiger partial charge in [-0.2, -0.15) is 4.31 Å². The number of hydrogen-bond acceptors (Lipinski definition) is 6. The van der Waals surface area contributed by atoms with E-state index in [9.17, 15) is 21.6 Å². The summed E-state index contributed by atoms with van der Waals surface area (Å²) in [6.45, 7) is 4.75. The van der Waals surface area contributed by atoms with E-state index in [-0.39, 0.29) is 28.4 Å². The molecule has 2 aromatic rings. The van der Waals surface area contributed by atoms with Crippen LogP contribution in [0, 0.1) is 6.92 Å². The number of carbonyl (C=O) groups is 1. The standard InChI is InChI=1S/C21H26N2O6S2/c1-15-4-7-19(31(27,28)23-10-12-29-13-11-23)14-20(15)21(24)22-16(2)17-5-8-18(9-6-17)30(3,25)26/h4-9,14,16H,10-13H2,1-3H3,(H,22,24)/t16-/m1/s1. The van der Waals surface area contributed by atoms with Crippen molar-refractivity contribution < 1.29 is 26.4 Å². The molecule has 0 bridgehead atoms. The average Bonchev–Trinajstić information content (AvgIpc) is 2.74. The first-order valence-corrected chi connectivity index (χ1v) is 13.1. The third-order valence-electron chi connectivity index (χ3n) is 5.22. The van der Waals surface area contributed by atoms with Gasteiger partial charge in [0.2, 0.25) is 10.0 Å². The monoisotopic (exact) mass is 466 g/mol. The Balaban J connectivity index is 1.80. The lowest BCUT2D eigenvalue weighted by atomic mass is 10.1. The molecule has 1 N–H and O–H groups in total. The summed E-state index contributed by atoms with van der Waals surface area (Å²) >= 11 is 0. The highest BCUT2D eigenvalue weighted by molar-refractivity contribution is 7.90. The fourth-order valence-electron chi connectivity index (χ4n) is 3.30. The molecule has 1 aliphatic rings. The summed E-state index contributed by atoms with van der Waals surface area (Å²) in [7, 11) is -7.02. The zero-order chi connectivity index (χ0) is 22.8. The molecule has 0 aromatic heterocycles. The number of nitrogens with zero attached hydrogens (tertiary/aromatic N) is 1. The van der Waals surface area contributed by atoms with Gasteiger partial charge in [-0.3, -0.25) is 4.79 Å². The highest BCUT2D eigenvalue weighted by Gasteiger charge is 2.27. The van der Waals surface area contributed by atoms with Crippen LogP contribution in [-0.2, 0) is 24.6 Å². The highest BCUT2D eigenvalue weighted by atomic mass is 32.2. The van der Waals surface area contributed by atoms with Crippen LogP contribution in [0.3, 0.4) is 0 Å². The molecule has 1 aliphatic heterocycles. The predicted octanol–water partition coefficient (Wildman–Crippen LogP) is 1.91. The van der Waals surface area contributed by atoms with Crippen molar-refractivity contribution in [2.45, 2.75) is 29.7 Å². The SMILES string of the molecule is Cc1ccc(S(=O)(=O)N2CCOCC2)cc1C(=O)N[C@H](C)c1ccc(S(C)(=O)=O)cc1. The van der Waals surface area contributed by atoms with Crippen molar-refractivity contribution in [3.05, 3.63) is 59.2 Å². The van der Waals surface area contributed by atoms with Crippen molar-refractivity contribution in [3.63, 3.8) is 0 Å². The quantitative estimate of drug-likeness (QED) is 0.696. The number of benzene rings is 2. The van der Waals surface area contributed by atoms with Gasteiger partial charge in [0.1, 0.15) is 0 Å². The second-order valence-electron chi connectivity index (χ2n) is 7.53. The average molecular weight is 467 g/mol. The van der Waals surface area contributed by atoms with Crippen LogP contribution in [0.15, 0.2) is 52.3 Å². The van der Waals surface area contributed by atoms with E-state index in [0.29, 0.717) is 18.8 Å². The fourth-order valence-corrected chi connectivity index (χ4v) is 5.37. The van der Waals surface area contributed by atoms with Crippen LogP contribution >= 0.6 is 0 Å². The fraction of sp³-hybridized carbons (Fsp3) is 0.381. The maximum Gasteiger partial charge on any atom is 0.252 e. The molecular weight excluding hydrogens is 440 g/mol. The minimum atomic E-state index is -3.72. The lowest BCUT2D eigenvalue weighted by Gasteiger charge is -2.26. The number of sulfonamides is 1. The van der Waals surface area contributed by atoms with Gasteiger partial charge in [-0.05, 0) is 49.2 Å². The maximum absolute atomic E-state index is 12.9. The Kier molecular flexibility index (Phi) is 6.85. The van der Waals surface area contributed by atoms with Crippen molar-refractivity contribution in [2.75, 3.05) is 32.6 Å². The number of ether oxygens (including phenoxy) is 1. The number of sulfone groups is 1. The van der Waals surface area contributed by atoms with E-state index in [1.54, 1.807) is 32.0 Å². The van der Waals surface area contributed by atoms with E-state index < -0.39 is 31.8 Å². The molecule has 0 spiro atoms. The van der Waals surface area contributed by atoms with Crippen molar-refractivity contribution in [1.29, 1.82) is 0 Å². The van der Waals surface area contributed by atoms with Crippen molar-refractivity contribution in [2.24, 2.45) is 0 Å². The van der Waals surface area contributed by atoms with Gasteiger partial charge in [0.15, 0.2) is 9.84 Å². The lowest BCUT2D eigenvalue weighted by Crippen LogP contribution is -2.40. The summed E-state index contributed by atoms with van der Waals surface area (Å²) < 4.78 is 55.6. The zero-order valence-electron chi connectivity index (χ0n) is 17.7. The van der Waals surface area contributed by atoms with E-state index in [1.165, 1.54) is 28.6 Å². The molecule has 168 valence electrons. The number of hydrogen-bond donors (Lipinski definition) is 1. The van der Waals surface area contributed by atoms with E-state index in [2.05, 4.69) is 5.32 Å². The minimum absolute atomic E-state index is 0.0651. The van der Waals surface area contributed by atoms with Crippen LogP contribution in [0.2, 0.25) is 0 Å². The molecule has 1 heterocycles. The van der Waals surface area contributed by atoms with Gasteiger partial charge in [-0.1, -0.05) is 18.2 Å². The van der Waals surface area contributed by atoms with Crippen LogP contribution in [-0.4, -0.2) is 59.6 Å². The largest absolute Gasteiger partial charge is 0.379 e. The van der Waals surface area contributed by atoms with Gasteiger partial charge >= 0.3 is 0 Å². The predicted molar refractivity (Wildman–Crippen MR) is 116 cm³/mol. The summed E-state index contributed by atoms with van der Waals surface area (Å²) in [4.78, 5) is 13.2. The Morgan fingerprint density at radius 2 is 1.58 bits per heavy atom. The van der Waals surface area contributed by atoms with E-state index in [0.717, 1.165) is 11.8 Å². The third-order valence-corrected chi connectivity index (χ3v) is 8.24. The van der Waals surface area contributed by atoms with Crippen LogP contribution in [0.1, 0.15) is 34.5 Å². The van der Waals surface area contributed by atoms with E-state index in [1.807, 2.05) is 0 Å². The first-order valence-electron chi connectivity index (χ1n) is 9.79. The topological polar surface area (TPSA) is 110 Å². The molecule has 1 saturated heterocycles. The number of aryl methyl sites for hydroxylation is 1. The molecule has 3 rings (SSSR count). The van der Waals surface area contributed by atoms with E-state index in [4.69, 9.17) is 4.74 Å². The molecule has 0 aliphatic carbocycles. The summed E-state index contributed by atoms with van der Waals surface area (Å²) in [5, 5.41) is 2.85. The zero-order valence-corrected chi connectivity index (χ0v) is 19.3. The first kappa shape index (κ1) is 23.4. The Morgan fingerprint density at radius 1 is 1.00 bits per heavy atom. The highest BCUT2D eigenvalue weighted by Crippen LogP contribution is 2.22. The number of amides is 1. The van der Waals surface area contributed by atoms with Crippen LogP contribution in [0.5, 0.6) is 0 Å². The van der Waals surface area contributed by atoms with Gasteiger partial charge in [-0.15, -0.1) is 0 Å². The van der Waals surface area contributed by atoms with Gasteiger partial charge in [-0.25, -0.2) is 16.8 Å². The Hall–Kier alpha value is -2.27. The first-order chi connectivity index (χ1) is 14.5. The van der Waals surface area contributed by atoms with Crippen LogP contribution in [0.4, 0.5) is 0 Å². The van der Waals surface area contributed by atoms with Crippen molar-refractivity contribution in [1.82, 2.24) is 9.62 Å². The Labute approximate surface area is 183 Å². The van der Waals surface area contributed by atoms with Gasteiger partial charge in [0.25, 0.3) is 5.91 Å². The van der Waals surface area contributed by atoms with Gasteiger partial charge in [0.05, 0.1) is 29.0 Å². The smallest absolute Gasteiger partial charge is 0.252 e. The number of rotatable bonds is 6. The lowest BCUT2D eigenvalue weighted by molar-refractivity contribution is 0.0730. The normalized spacial score (nSPS) is 16.6. The molecule has 0 saturated carbocycles. The third kappa shape index (κ3) is 5.32. The number of morpholine rings is 1. The number of carbonyl (C=O) groups excluding carboxylic acids is 1. The second-order valence-corrected chi connectivity index (χ2v) is 11.5. The minimum Gasteiger partial charge on any atom is -0.379 e. The molecular formula is C21H26N2O6S2. The molecule has 0 unspecified atom stereocenters. The maximum atomic E-state index is 12.9. The number of nitrogens with one attached hydrogen (secondary N) is 1. The second kappa shape index (κ2) is 9.07. The molecule has 0 radical (unpaired) electrons. The van der Waals surface area contributed by atoms with Crippen LogP contribution in [0.25, 0.3) is 0 Å². The summed E-state index contributed by atoms with van der Waals surface area (Å²) in [5.41, 5.74) is 1.66. The summed E-state index contributed by atoms with van der Waals surface area (Å²) in [6, 6.07) is 10.4. The van der Waals surface area contributed by atoms with Gasteiger partial charge in [0, 0.05) is 24.9 Å². The molecule has 10 heteroatoms. The summed E-state index contributed by atoms with van der Waals surface area (Å²) in [6.07, 6.45) is 1.13. The molecule has 1 atom stereocenters. The Bertz CT molecular complexity index is 1170. The van der Waals surface area contributed by atoms with Crippen molar-refractivity contribution in [3.8, 4) is 0 Å². The van der Waals surface area contributed by atoms with Gasteiger partial charge < -0.3 is 10.1 Å². The molecule has 8 nitrogen and oxygen atoms in total. The van der Waals surface area contributed by atoms with E-state index >= 15 is 0 Å². The Morgan fingerprint density at radius 3 is 2.16 bits per heavy atom. The molecule has 31 heavy (non-hydrogen) atoms. The molecule has 1 fully saturated rings. The van der Waals surface area contributed by atoms with Crippen molar-refractivity contribution >= 4 is 25.8 Å². The molecule has 1 amide bonds.